The van der Waals surface area contributed by atoms with Gasteiger partial charge in [0.25, 0.3) is 11.8 Å². The van der Waals surface area contributed by atoms with Gasteiger partial charge in [-0.15, -0.1) is 0 Å². The van der Waals surface area contributed by atoms with E-state index in [0.29, 0.717) is 11.3 Å². The van der Waals surface area contributed by atoms with Crippen LogP contribution in [0.1, 0.15) is 39.9 Å². The van der Waals surface area contributed by atoms with Gasteiger partial charge >= 0.3 is 6.18 Å². The highest BCUT2D eigenvalue weighted by Crippen LogP contribution is 2.32. The zero-order chi connectivity index (χ0) is 28.6. The minimum absolute atomic E-state index is 0.113. The minimum Gasteiger partial charge on any atom is -0.345 e. The lowest BCUT2D eigenvalue weighted by atomic mass is 9.89. The molecule has 2 aliphatic heterocycles. The quantitative estimate of drug-likeness (QED) is 0.560. The summed E-state index contributed by atoms with van der Waals surface area (Å²) in [6.07, 6.45) is -3.81. The summed E-state index contributed by atoms with van der Waals surface area (Å²) in [5.74, 6) is -0.506. The third kappa shape index (κ3) is 6.25. The molecule has 0 radical (unpaired) electrons. The van der Waals surface area contributed by atoms with Gasteiger partial charge < -0.3 is 10.2 Å². The Morgan fingerprint density at radius 3 is 2.33 bits per heavy atom. The molecular formula is C26H30F3N5O4S. The number of carbonyl (C=O) groups is 2. The first kappa shape index (κ1) is 28.6. The summed E-state index contributed by atoms with van der Waals surface area (Å²) in [4.78, 5) is 30.8. The number of benzene rings is 2. The lowest BCUT2D eigenvalue weighted by Gasteiger charge is -2.34. The fourth-order valence-corrected chi connectivity index (χ4v) is 6.14. The molecule has 0 aromatic heterocycles. The number of nitrogens with zero attached hydrogens (tertiary/aromatic N) is 3. The molecule has 2 heterocycles. The Kier molecular flexibility index (Phi) is 7.77. The lowest BCUT2D eigenvalue weighted by molar-refractivity contribution is -0.137. The molecule has 2 N–H and O–H groups in total. The SMILES string of the molecule is Cc1cc(C(=O)N(C)C)ccc1CCS(=O)(=O)N1CCC2(CC1)N=C(Nc1ccc(C(F)(F)F)cc1)NC2=O. The molecule has 1 fully saturated rings. The summed E-state index contributed by atoms with van der Waals surface area (Å²) in [7, 11) is -0.280. The maximum Gasteiger partial charge on any atom is 0.416 e. The molecule has 2 aliphatic rings. The van der Waals surface area contributed by atoms with Crippen molar-refractivity contribution in [1.29, 1.82) is 0 Å². The second kappa shape index (κ2) is 10.6. The maximum atomic E-state index is 13.1. The normalized spacial score (nSPS) is 17.6. The number of alkyl halides is 3. The van der Waals surface area contributed by atoms with E-state index in [2.05, 4.69) is 15.6 Å². The maximum absolute atomic E-state index is 13.1. The molecule has 4 rings (SSSR count). The van der Waals surface area contributed by atoms with Crippen molar-refractivity contribution in [2.24, 2.45) is 4.99 Å². The minimum atomic E-state index is -4.45. The number of halogens is 3. The Hall–Kier alpha value is -3.45. The van der Waals surface area contributed by atoms with Crippen molar-refractivity contribution < 1.29 is 31.2 Å². The van der Waals surface area contributed by atoms with E-state index in [9.17, 15) is 31.2 Å². The highest BCUT2D eigenvalue weighted by Gasteiger charge is 2.47. The molecule has 9 nitrogen and oxygen atoms in total. The molecule has 0 saturated carbocycles. The van der Waals surface area contributed by atoms with Crippen LogP contribution in [0.4, 0.5) is 18.9 Å². The van der Waals surface area contributed by atoms with E-state index >= 15 is 0 Å². The standard InChI is InChI=1S/C26H30F3N5O4S/c1-17-16-19(22(35)33(2)3)5-4-18(17)10-15-39(37,38)34-13-11-25(12-14-34)23(36)31-24(32-25)30-21-8-6-20(7-9-21)26(27,28)29/h4-9,16H,10-15H2,1-3H3,(H2,30,31,32,36). The fraction of sp³-hybridized carbons (Fsp3) is 0.423. The average Bonchev–Trinajstić information content (AvgIpc) is 3.16. The van der Waals surface area contributed by atoms with Crippen molar-refractivity contribution in [3.05, 3.63) is 64.7 Å². The topological polar surface area (TPSA) is 111 Å². The molecule has 1 saturated heterocycles. The van der Waals surface area contributed by atoms with Crippen LogP contribution in [0.5, 0.6) is 0 Å². The van der Waals surface area contributed by atoms with Crippen LogP contribution in [0, 0.1) is 6.92 Å². The van der Waals surface area contributed by atoms with Crippen LogP contribution in [0.2, 0.25) is 0 Å². The molecule has 0 bridgehead atoms. The Morgan fingerprint density at radius 2 is 1.77 bits per heavy atom. The van der Waals surface area contributed by atoms with Gasteiger partial charge in [0.1, 0.15) is 5.54 Å². The molecule has 210 valence electrons. The summed E-state index contributed by atoms with van der Waals surface area (Å²) in [6.45, 7) is 2.07. The van der Waals surface area contributed by atoms with Crippen molar-refractivity contribution >= 4 is 33.5 Å². The summed E-state index contributed by atoms with van der Waals surface area (Å²) < 4.78 is 65.8. The van der Waals surface area contributed by atoms with E-state index in [0.717, 1.165) is 23.3 Å². The van der Waals surface area contributed by atoms with Gasteiger partial charge in [-0.05, 0) is 73.7 Å². The lowest BCUT2D eigenvalue weighted by Crippen LogP contribution is -2.51. The van der Waals surface area contributed by atoms with E-state index in [1.54, 1.807) is 32.3 Å². The van der Waals surface area contributed by atoms with Gasteiger partial charge in [0.05, 0.1) is 11.3 Å². The number of guanidine groups is 1. The number of aliphatic imine (C=N–C) groups is 1. The van der Waals surface area contributed by atoms with Gasteiger partial charge in [0.2, 0.25) is 16.0 Å². The first-order valence-corrected chi connectivity index (χ1v) is 14.0. The smallest absolute Gasteiger partial charge is 0.345 e. The zero-order valence-corrected chi connectivity index (χ0v) is 22.6. The molecular weight excluding hydrogens is 535 g/mol. The molecule has 0 aliphatic carbocycles. The fourth-order valence-electron chi connectivity index (χ4n) is 4.66. The molecule has 2 aromatic rings. The summed E-state index contributed by atoms with van der Waals surface area (Å²) >= 11 is 0. The Labute approximate surface area is 225 Å². The number of carbonyl (C=O) groups excluding carboxylic acids is 2. The van der Waals surface area contributed by atoms with E-state index in [1.165, 1.54) is 21.3 Å². The Morgan fingerprint density at radius 1 is 1.13 bits per heavy atom. The number of hydrogen-bond acceptors (Lipinski definition) is 6. The van der Waals surface area contributed by atoms with Gasteiger partial charge in [-0.2, -0.15) is 13.2 Å². The van der Waals surface area contributed by atoms with E-state index in [1.807, 2.05) is 6.92 Å². The highest BCUT2D eigenvalue weighted by molar-refractivity contribution is 7.89. The number of rotatable bonds is 6. The average molecular weight is 566 g/mol. The number of piperidine rings is 1. The van der Waals surface area contributed by atoms with Crippen LogP contribution in [0.3, 0.4) is 0 Å². The van der Waals surface area contributed by atoms with Crippen LogP contribution >= 0.6 is 0 Å². The number of nitrogens with one attached hydrogen (secondary N) is 2. The predicted octanol–water partition coefficient (Wildman–Crippen LogP) is 3.02. The van der Waals surface area contributed by atoms with Crippen LogP contribution in [-0.2, 0) is 27.4 Å². The van der Waals surface area contributed by atoms with E-state index in [-0.39, 0.29) is 55.9 Å². The first-order valence-electron chi connectivity index (χ1n) is 12.3. The summed E-state index contributed by atoms with van der Waals surface area (Å²) in [5.41, 5.74) is 0.608. The van der Waals surface area contributed by atoms with Crippen LogP contribution < -0.4 is 10.6 Å². The van der Waals surface area contributed by atoms with E-state index < -0.39 is 27.3 Å². The van der Waals surface area contributed by atoms with Crippen LogP contribution in [0.25, 0.3) is 0 Å². The number of hydrogen-bond donors (Lipinski definition) is 2. The molecule has 13 heteroatoms. The van der Waals surface area contributed by atoms with Gasteiger partial charge in [-0.25, -0.2) is 17.7 Å². The molecule has 2 aromatic carbocycles. The number of anilines is 1. The first-order chi connectivity index (χ1) is 18.2. The zero-order valence-electron chi connectivity index (χ0n) is 21.8. The van der Waals surface area contributed by atoms with Gasteiger partial charge in [0.15, 0.2) is 0 Å². The number of sulfonamides is 1. The molecule has 2 amide bonds. The van der Waals surface area contributed by atoms with Gasteiger partial charge in [-0.3, -0.25) is 14.9 Å². The summed E-state index contributed by atoms with van der Waals surface area (Å²) in [5, 5.41) is 5.44. The van der Waals surface area contributed by atoms with Crippen molar-refractivity contribution in [1.82, 2.24) is 14.5 Å². The van der Waals surface area contributed by atoms with Crippen molar-refractivity contribution in [3.8, 4) is 0 Å². The van der Waals surface area contributed by atoms with Gasteiger partial charge in [0, 0.05) is 38.4 Å². The third-order valence-corrected chi connectivity index (χ3v) is 8.90. The molecule has 0 unspecified atom stereocenters. The second-order valence-electron chi connectivity index (χ2n) is 9.95. The highest BCUT2D eigenvalue weighted by atomic mass is 32.2. The Balaban J connectivity index is 1.36. The van der Waals surface area contributed by atoms with Crippen molar-refractivity contribution in [2.75, 3.05) is 38.3 Å². The largest absolute Gasteiger partial charge is 0.416 e. The predicted molar refractivity (Wildman–Crippen MR) is 141 cm³/mol. The summed E-state index contributed by atoms with van der Waals surface area (Å²) in [6, 6.07) is 9.56. The van der Waals surface area contributed by atoms with Gasteiger partial charge in [-0.1, -0.05) is 6.07 Å². The second-order valence-corrected chi connectivity index (χ2v) is 12.0. The van der Waals surface area contributed by atoms with Crippen LogP contribution in [-0.4, -0.2) is 73.9 Å². The van der Waals surface area contributed by atoms with E-state index in [4.69, 9.17) is 0 Å². The Bertz CT molecular complexity index is 1400. The van der Waals surface area contributed by atoms with Crippen molar-refractivity contribution in [3.63, 3.8) is 0 Å². The molecule has 1 spiro atoms. The number of aryl methyl sites for hydroxylation is 2. The molecule has 39 heavy (non-hydrogen) atoms. The van der Waals surface area contributed by atoms with Crippen molar-refractivity contribution in [2.45, 2.75) is 37.9 Å². The third-order valence-electron chi connectivity index (χ3n) is 7.02. The molecule has 0 atom stereocenters. The number of amides is 2. The monoisotopic (exact) mass is 565 g/mol. The van der Waals surface area contributed by atoms with Crippen LogP contribution in [0.15, 0.2) is 47.5 Å².